The van der Waals surface area contributed by atoms with Crippen molar-refractivity contribution in [1.29, 1.82) is 0 Å². The van der Waals surface area contributed by atoms with Gasteiger partial charge >= 0.3 is 6.03 Å². The van der Waals surface area contributed by atoms with Crippen molar-refractivity contribution in [3.63, 3.8) is 0 Å². The normalized spacial score (nSPS) is 19.8. The van der Waals surface area contributed by atoms with Crippen LogP contribution in [0.25, 0.3) is 10.9 Å². The number of piperidine rings is 2. The number of H-pyrrole nitrogens is 1. The van der Waals surface area contributed by atoms with Crippen molar-refractivity contribution >= 4 is 34.2 Å². The van der Waals surface area contributed by atoms with Crippen LogP contribution >= 0.6 is 11.6 Å². The summed E-state index contributed by atoms with van der Waals surface area (Å²) in [5.41, 5.74) is 0.945. The number of halogens is 3. The number of urea groups is 1. The Hall–Kier alpha value is -2.72. The summed E-state index contributed by atoms with van der Waals surface area (Å²) in [5.74, 6) is -0.445. The molecule has 10 heteroatoms. The van der Waals surface area contributed by atoms with Gasteiger partial charge in [-0.15, -0.1) is 0 Å². The van der Waals surface area contributed by atoms with Crippen LogP contribution in [0, 0.1) is 11.6 Å². The maximum absolute atomic E-state index is 13.8. The maximum Gasteiger partial charge on any atom is 0.321 e. The number of nitrogens with zero attached hydrogens (tertiary/aromatic N) is 2. The smallest absolute Gasteiger partial charge is 0.321 e. The third-order valence-electron chi connectivity index (χ3n) is 7.84. The summed E-state index contributed by atoms with van der Waals surface area (Å²) in [6, 6.07) is 8.10. The largest absolute Gasteiger partial charge is 0.389 e. The van der Waals surface area contributed by atoms with Gasteiger partial charge in [0.05, 0.1) is 22.4 Å². The summed E-state index contributed by atoms with van der Waals surface area (Å²) in [7, 11) is 0. The van der Waals surface area contributed by atoms with Gasteiger partial charge in [0, 0.05) is 36.7 Å². The number of aromatic nitrogens is 1. The van der Waals surface area contributed by atoms with Gasteiger partial charge in [0.2, 0.25) is 0 Å². The monoisotopic (exact) mass is 532 g/mol. The molecule has 2 saturated heterocycles. The first-order chi connectivity index (χ1) is 17.7. The average Bonchev–Trinajstić information content (AvgIpc) is 3.30. The second kappa shape index (κ2) is 10.6. The highest BCUT2D eigenvalue weighted by atomic mass is 35.5. The van der Waals surface area contributed by atoms with Crippen LogP contribution in [0.15, 0.2) is 42.6 Å². The van der Waals surface area contributed by atoms with Gasteiger partial charge in [-0.25, -0.2) is 13.6 Å². The standard InChI is InChI=1S/C27H31ClF2N4O3/c28-22-3-1-19(30)14-24(22)32-26(36)34-11-7-27(37,8-12-34)25(35)16-33-9-5-17(6-10-33)21-15-31-23-4-2-18(29)13-20(21)23/h1-4,13-15,17,25,31,35,37H,5-12,16H2,(H,32,36). The highest BCUT2D eigenvalue weighted by molar-refractivity contribution is 6.33. The third-order valence-corrected chi connectivity index (χ3v) is 8.17. The Balaban J connectivity index is 1.11. The zero-order valence-electron chi connectivity index (χ0n) is 20.4. The molecule has 2 amide bonds. The Labute approximate surface area is 219 Å². The van der Waals surface area contributed by atoms with Gasteiger partial charge in [-0.1, -0.05) is 11.6 Å². The van der Waals surface area contributed by atoms with E-state index >= 15 is 0 Å². The average molecular weight is 533 g/mol. The molecule has 5 rings (SSSR count). The minimum absolute atomic E-state index is 0.189. The van der Waals surface area contributed by atoms with Crippen LogP contribution in [0.4, 0.5) is 19.3 Å². The zero-order chi connectivity index (χ0) is 26.2. The molecule has 0 radical (unpaired) electrons. The van der Waals surface area contributed by atoms with Crippen molar-refractivity contribution in [2.45, 2.75) is 43.3 Å². The molecule has 7 nitrogen and oxygen atoms in total. The number of fused-ring (bicyclic) bond motifs is 1. The molecule has 0 bridgehead atoms. The lowest BCUT2D eigenvalue weighted by atomic mass is 9.84. The molecule has 2 aliphatic heterocycles. The van der Waals surface area contributed by atoms with Crippen LogP contribution in [-0.4, -0.2) is 75.5 Å². The molecule has 4 N–H and O–H groups in total. The second-order valence-electron chi connectivity index (χ2n) is 10.2. The zero-order valence-corrected chi connectivity index (χ0v) is 21.1. The molecule has 1 atom stereocenters. The van der Waals surface area contributed by atoms with E-state index in [2.05, 4.69) is 15.2 Å². The van der Waals surface area contributed by atoms with E-state index in [-0.39, 0.29) is 42.5 Å². The lowest BCUT2D eigenvalue weighted by Gasteiger charge is -2.43. The van der Waals surface area contributed by atoms with E-state index in [4.69, 9.17) is 11.6 Å². The number of benzene rings is 2. The minimum Gasteiger partial charge on any atom is -0.389 e. The Morgan fingerprint density at radius 3 is 2.51 bits per heavy atom. The van der Waals surface area contributed by atoms with E-state index in [1.54, 1.807) is 12.1 Å². The SMILES string of the molecule is O=C(Nc1cc(F)ccc1Cl)N1CCC(O)(C(O)CN2CCC(c3c[nH]c4ccc(F)cc34)CC2)CC1. The van der Waals surface area contributed by atoms with E-state index in [0.29, 0.717) is 12.5 Å². The summed E-state index contributed by atoms with van der Waals surface area (Å²) in [6.45, 7) is 2.39. The first-order valence-corrected chi connectivity index (χ1v) is 13.0. The summed E-state index contributed by atoms with van der Waals surface area (Å²) < 4.78 is 27.2. The summed E-state index contributed by atoms with van der Waals surface area (Å²) >= 11 is 6.03. The van der Waals surface area contributed by atoms with Crippen LogP contribution in [0.2, 0.25) is 5.02 Å². The maximum atomic E-state index is 13.8. The first kappa shape index (κ1) is 25.9. The number of carbonyl (C=O) groups excluding carboxylic acids is 1. The van der Waals surface area contributed by atoms with Crippen LogP contribution in [0.3, 0.4) is 0 Å². The van der Waals surface area contributed by atoms with E-state index in [9.17, 15) is 23.8 Å². The Morgan fingerprint density at radius 1 is 1.11 bits per heavy atom. The van der Waals surface area contributed by atoms with Gasteiger partial charge in [0.15, 0.2) is 0 Å². The highest BCUT2D eigenvalue weighted by Crippen LogP contribution is 2.34. The molecule has 37 heavy (non-hydrogen) atoms. The van der Waals surface area contributed by atoms with Gasteiger partial charge < -0.3 is 30.3 Å². The summed E-state index contributed by atoms with van der Waals surface area (Å²) in [6.07, 6.45) is 3.24. The fraction of sp³-hybridized carbons (Fsp3) is 0.444. The Kier molecular flexibility index (Phi) is 7.40. The molecule has 0 saturated carbocycles. The van der Waals surface area contributed by atoms with E-state index in [1.165, 1.54) is 23.1 Å². The van der Waals surface area contributed by atoms with Crippen molar-refractivity contribution in [3.8, 4) is 0 Å². The van der Waals surface area contributed by atoms with Crippen LogP contribution in [0.5, 0.6) is 0 Å². The molecular formula is C27H31ClF2N4O3. The molecule has 2 aliphatic rings. The van der Waals surface area contributed by atoms with Crippen molar-refractivity contribution in [2.75, 3.05) is 38.0 Å². The highest BCUT2D eigenvalue weighted by Gasteiger charge is 2.41. The molecule has 1 aromatic heterocycles. The number of carbonyl (C=O) groups is 1. The predicted molar refractivity (Wildman–Crippen MR) is 139 cm³/mol. The number of hydrogen-bond donors (Lipinski definition) is 4. The van der Waals surface area contributed by atoms with E-state index in [1.807, 2.05) is 6.20 Å². The summed E-state index contributed by atoms with van der Waals surface area (Å²) in [5, 5.41) is 25.8. The lowest BCUT2D eigenvalue weighted by molar-refractivity contribution is -0.113. The van der Waals surface area contributed by atoms with Gasteiger partial charge in [-0.05, 0) is 86.7 Å². The summed E-state index contributed by atoms with van der Waals surface area (Å²) in [4.78, 5) is 19.5. The van der Waals surface area contributed by atoms with Crippen molar-refractivity contribution in [3.05, 3.63) is 64.8 Å². The number of nitrogens with one attached hydrogen (secondary N) is 2. The third kappa shape index (κ3) is 5.60. The molecule has 0 spiro atoms. The van der Waals surface area contributed by atoms with Gasteiger partial charge in [0.25, 0.3) is 0 Å². The predicted octanol–water partition coefficient (Wildman–Crippen LogP) is 4.70. The topological polar surface area (TPSA) is 91.8 Å². The molecular weight excluding hydrogens is 502 g/mol. The molecule has 0 aliphatic carbocycles. The molecule has 1 unspecified atom stereocenters. The molecule has 2 aromatic carbocycles. The van der Waals surface area contributed by atoms with E-state index in [0.717, 1.165) is 48.5 Å². The van der Waals surface area contributed by atoms with Gasteiger partial charge in [0.1, 0.15) is 11.6 Å². The van der Waals surface area contributed by atoms with Crippen molar-refractivity contribution in [2.24, 2.45) is 0 Å². The van der Waals surface area contributed by atoms with Crippen LogP contribution < -0.4 is 5.32 Å². The van der Waals surface area contributed by atoms with Gasteiger partial charge in [-0.2, -0.15) is 0 Å². The lowest BCUT2D eigenvalue weighted by Crippen LogP contribution is -2.56. The first-order valence-electron chi connectivity index (χ1n) is 12.6. The van der Waals surface area contributed by atoms with Crippen molar-refractivity contribution in [1.82, 2.24) is 14.8 Å². The Morgan fingerprint density at radius 2 is 1.78 bits per heavy atom. The number of rotatable bonds is 5. The quantitative estimate of drug-likeness (QED) is 0.383. The number of aliphatic hydroxyl groups excluding tert-OH is 1. The number of aromatic amines is 1. The molecule has 2 fully saturated rings. The van der Waals surface area contributed by atoms with Gasteiger partial charge in [-0.3, -0.25) is 0 Å². The molecule has 3 aromatic rings. The molecule has 3 heterocycles. The number of hydrogen-bond acceptors (Lipinski definition) is 4. The van der Waals surface area contributed by atoms with Crippen LogP contribution in [0.1, 0.15) is 37.2 Å². The number of likely N-dealkylation sites (tertiary alicyclic amines) is 2. The number of anilines is 1. The number of amides is 2. The van der Waals surface area contributed by atoms with Crippen LogP contribution in [-0.2, 0) is 0 Å². The fourth-order valence-corrected chi connectivity index (χ4v) is 5.68. The van der Waals surface area contributed by atoms with Crippen molar-refractivity contribution < 1.29 is 23.8 Å². The minimum atomic E-state index is -1.29. The number of aliphatic hydroxyl groups is 2. The second-order valence-corrected chi connectivity index (χ2v) is 10.6. The number of β-amino-alcohol motifs (C(OH)–C–C–N with tert-alkyl or cyclic N) is 1. The van der Waals surface area contributed by atoms with E-state index < -0.39 is 23.6 Å². The Bertz CT molecular complexity index is 1270. The fourth-order valence-electron chi connectivity index (χ4n) is 5.51. The molecule has 198 valence electrons.